The van der Waals surface area contributed by atoms with Gasteiger partial charge in [0.2, 0.25) is 5.91 Å². The number of nitrogens with zero attached hydrogens (tertiary/aromatic N) is 2. The van der Waals surface area contributed by atoms with Gasteiger partial charge >= 0.3 is 0 Å². The number of nitrogens with one attached hydrogen (secondary N) is 2. The summed E-state index contributed by atoms with van der Waals surface area (Å²) < 4.78 is 25.0. The average molecular weight is 481 g/mol. The van der Waals surface area contributed by atoms with E-state index in [1.165, 1.54) is 19.6 Å². The van der Waals surface area contributed by atoms with Crippen molar-refractivity contribution in [1.82, 2.24) is 20.5 Å². The van der Waals surface area contributed by atoms with Gasteiger partial charge in [-0.3, -0.25) is 9.59 Å². The van der Waals surface area contributed by atoms with Crippen molar-refractivity contribution in [3.8, 4) is 22.9 Å². The standard InChI is InChI=1S/C26H29FN4O4/c1-34-23-15-17(11-13-22(23)35-16-18-7-5-6-10-20(18)27)25-29-26(33)21(30-31-25)12-14-24(32)28-19-8-3-2-4-9-19/h5-7,10-11,13,15,19H,2-4,8-9,12,14,16H2,1H3,(H,28,32)(H,29,31,33). The molecule has 0 radical (unpaired) electrons. The zero-order valence-corrected chi connectivity index (χ0v) is 19.7. The summed E-state index contributed by atoms with van der Waals surface area (Å²) in [6, 6.07) is 11.6. The minimum absolute atomic E-state index is 0.0437. The van der Waals surface area contributed by atoms with Crippen LogP contribution in [0.15, 0.2) is 47.3 Å². The summed E-state index contributed by atoms with van der Waals surface area (Å²) in [5, 5.41) is 11.2. The summed E-state index contributed by atoms with van der Waals surface area (Å²) in [6.45, 7) is 0.0437. The first-order valence-electron chi connectivity index (χ1n) is 11.8. The molecule has 9 heteroatoms. The van der Waals surface area contributed by atoms with E-state index < -0.39 is 0 Å². The molecule has 2 N–H and O–H groups in total. The molecular weight excluding hydrogens is 451 g/mol. The topological polar surface area (TPSA) is 106 Å². The van der Waals surface area contributed by atoms with Gasteiger partial charge < -0.3 is 19.8 Å². The molecule has 8 nitrogen and oxygen atoms in total. The van der Waals surface area contributed by atoms with Gasteiger partial charge in [0, 0.05) is 30.0 Å². The smallest absolute Gasteiger partial charge is 0.273 e. The number of hydrogen-bond acceptors (Lipinski definition) is 6. The molecule has 0 atom stereocenters. The van der Waals surface area contributed by atoms with Crippen LogP contribution >= 0.6 is 0 Å². The van der Waals surface area contributed by atoms with Crippen molar-refractivity contribution in [2.45, 2.75) is 57.6 Å². The zero-order chi connectivity index (χ0) is 24.6. The molecule has 1 aromatic heterocycles. The van der Waals surface area contributed by atoms with E-state index in [-0.39, 0.29) is 54.3 Å². The number of benzene rings is 2. The van der Waals surface area contributed by atoms with E-state index in [4.69, 9.17) is 9.47 Å². The lowest BCUT2D eigenvalue weighted by molar-refractivity contribution is -0.122. The fourth-order valence-corrected chi connectivity index (χ4v) is 4.14. The van der Waals surface area contributed by atoms with Crippen molar-refractivity contribution in [2.75, 3.05) is 7.11 Å². The van der Waals surface area contributed by atoms with Crippen molar-refractivity contribution in [3.63, 3.8) is 0 Å². The Kier molecular flexibility index (Phi) is 8.07. The van der Waals surface area contributed by atoms with Gasteiger partial charge in [0.25, 0.3) is 5.56 Å². The van der Waals surface area contributed by atoms with Crippen LogP contribution < -0.4 is 20.3 Å². The third kappa shape index (κ3) is 6.44. The van der Waals surface area contributed by atoms with Crippen molar-refractivity contribution in [1.29, 1.82) is 0 Å². The fourth-order valence-electron chi connectivity index (χ4n) is 4.14. The van der Waals surface area contributed by atoms with E-state index in [9.17, 15) is 14.0 Å². The number of aryl methyl sites for hydroxylation is 1. The van der Waals surface area contributed by atoms with Gasteiger partial charge in [0.05, 0.1) is 7.11 Å². The molecule has 3 aromatic rings. The molecule has 0 aliphatic heterocycles. The van der Waals surface area contributed by atoms with Gasteiger partial charge in [-0.1, -0.05) is 37.5 Å². The highest BCUT2D eigenvalue weighted by molar-refractivity contribution is 5.76. The highest BCUT2D eigenvalue weighted by Gasteiger charge is 2.17. The number of aromatic amines is 1. The number of carbonyl (C=O) groups is 1. The number of halogens is 1. The number of rotatable bonds is 9. The minimum Gasteiger partial charge on any atom is -0.493 e. The van der Waals surface area contributed by atoms with Crippen LogP contribution in [0, 0.1) is 5.82 Å². The summed E-state index contributed by atoms with van der Waals surface area (Å²) in [4.78, 5) is 27.5. The molecule has 0 spiro atoms. The summed E-state index contributed by atoms with van der Waals surface area (Å²) in [7, 11) is 1.49. The molecule has 1 amide bonds. The van der Waals surface area contributed by atoms with Gasteiger partial charge in [-0.05, 0) is 37.1 Å². The number of carbonyl (C=O) groups excluding carboxylic acids is 1. The largest absolute Gasteiger partial charge is 0.493 e. The molecule has 4 rings (SSSR count). The van der Waals surface area contributed by atoms with E-state index in [0.717, 1.165) is 25.7 Å². The van der Waals surface area contributed by atoms with Crippen LogP contribution in [-0.4, -0.2) is 34.2 Å². The van der Waals surface area contributed by atoms with Crippen LogP contribution in [0.5, 0.6) is 11.5 Å². The fraction of sp³-hybridized carbons (Fsp3) is 0.385. The molecular formula is C26H29FN4O4. The van der Waals surface area contributed by atoms with Crippen LogP contribution in [0.25, 0.3) is 11.4 Å². The number of aromatic nitrogens is 3. The molecule has 1 heterocycles. The lowest BCUT2D eigenvalue weighted by Crippen LogP contribution is -2.36. The second-order valence-electron chi connectivity index (χ2n) is 8.60. The Morgan fingerprint density at radius 2 is 1.91 bits per heavy atom. The highest BCUT2D eigenvalue weighted by Crippen LogP contribution is 2.31. The third-order valence-electron chi connectivity index (χ3n) is 6.10. The molecule has 1 aliphatic carbocycles. The minimum atomic E-state index is -0.390. The van der Waals surface area contributed by atoms with Crippen LogP contribution in [0.1, 0.15) is 49.8 Å². The molecule has 0 unspecified atom stereocenters. The van der Waals surface area contributed by atoms with Crippen molar-refractivity contribution in [3.05, 3.63) is 69.9 Å². The predicted molar refractivity (Wildman–Crippen MR) is 129 cm³/mol. The summed E-state index contributed by atoms with van der Waals surface area (Å²) in [6.07, 6.45) is 5.93. The Bertz CT molecular complexity index is 1220. The van der Waals surface area contributed by atoms with Crippen LogP contribution in [0.2, 0.25) is 0 Å². The SMILES string of the molecule is COc1cc(-c2nnc(CCC(=O)NC3CCCCC3)c(=O)[nH]2)ccc1OCc1ccccc1F. The van der Waals surface area contributed by atoms with E-state index in [2.05, 4.69) is 20.5 Å². The van der Waals surface area contributed by atoms with E-state index >= 15 is 0 Å². The van der Waals surface area contributed by atoms with Gasteiger partial charge in [-0.25, -0.2) is 4.39 Å². The summed E-state index contributed by atoms with van der Waals surface area (Å²) in [5.41, 5.74) is 0.826. The Morgan fingerprint density at radius 1 is 1.11 bits per heavy atom. The van der Waals surface area contributed by atoms with Crippen molar-refractivity contribution < 1.29 is 18.7 Å². The van der Waals surface area contributed by atoms with E-state index in [0.29, 0.717) is 22.6 Å². The van der Waals surface area contributed by atoms with Gasteiger partial charge in [0.1, 0.15) is 18.1 Å². The van der Waals surface area contributed by atoms with E-state index in [1.54, 1.807) is 36.4 Å². The third-order valence-corrected chi connectivity index (χ3v) is 6.10. The maximum absolute atomic E-state index is 13.9. The molecule has 1 saturated carbocycles. The van der Waals surface area contributed by atoms with Crippen LogP contribution in [-0.2, 0) is 17.8 Å². The Hall–Kier alpha value is -3.75. The Morgan fingerprint density at radius 3 is 2.66 bits per heavy atom. The Balaban J connectivity index is 1.39. The number of H-pyrrole nitrogens is 1. The normalized spacial score (nSPS) is 13.9. The first kappa shape index (κ1) is 24.4. The van der Waals surface area contributed by atoms with Gasteiger partial charge in [0.15, 0.2) is 17.3 Å². The summed E-state index contributed by atoms with van der Waals surface area (Å²) >= 11 is 0. The molecule has 0 bridgehead atoms. The number of methoxy groups -OCH3 is 1. The molecule has 35 heavy (non-hydrogen) atoms. The average Bonchev–Trinajstić information content (AvgIpc) is 2.88. The molecule has 0 saturated heterocycles. The number of amides is 1. The Labute approximate surface area is 202 Å². The van der Waals surface area contributed by atoms with Crippen molar-refractivity contribution in [2.24, 2.45) is 0 Å². The first-order valence-corrected chi connectivity index (χ1v) is 11.8. The van der Waals surface area contributed by atoms with Crippen LogP contribution in [0.3, 0.4) is 0 Å². The van der Waals surface area contributed by atoms with Gasteiger partial charge in [-0.15, -0.1) is 10.2 Å². The number of ether oxygens (including phenoxy) is 2. The van der Waals surface area contributed by atoms with E-state index in [1.807, 2.05) is 0 Å². The molecule has 2 aromatic carbocycles. The second kappa shape index (κ2) is 11.6. The number of hydrogen-bond donors (Lipinski definition) is 2. The van der Waals surface area contributed by atoms with Crippen LogP contribution in [0.4, 0.5) is 4.39 Å². The maximum atomic E-state index is 13.9. The van der Waals surface area contributed by atoms with Crippen molar-refractivity contribution >= 4 is 5.91 Å². The first-order chi connectivity index (χ1) is 17.0. The molecule has 1 aliphatic rings. The quantitative estimate of drug-likeness (QED) is 0.481. The highest BCUT2D eigenvalue weighted by atomic mass is 19.1. The monoisotopic (exact) mass is 480 g/mol. The second-order valence-corrected chi connectivity index (χ2v) is 8.60. The lowest BCUT2D eigenvalue weighted by Gasteiger charge is -2.22. The predicted octanol–water partition coefficient (Wildman–Crippen LogP) is 3.94. The summed E-state index contributed by atoms with van der Waals surface area (Å²) in [5.74, 6) is 0.685. The maximum Gasteiger partial charge on any atom is 0.273 e. The van der Waals surface area contributed by atoms with Gasteiger partial charge in [-0.2, -0.15) is 0 Å². The zero-order valence-electron chi connectivity index (χ0n) is 19.7. The molecule has 184 valence electrons. The molecule has 1 fully saturated rings. The lowest BCUT2D eigenvalue weighted by atomic mass is 9.95.